The topological polar surface area (TPSA) is 89.7 Å². The van der Waals surface area contributed by atoms with E-state index in [1.54, 1.807) is 0 Å². The third kappa shape index (κ3) is 5.04. The van der Waals surface area contributed by atoms with Gasteiger partial charge >= 0.3 is 5.97 Å². The van der Waals surface area contributed by atoms with Crippen LogP contribution in [0.3, 0.4) is 0 Å². The molecule has 0 saturated carbocycles. The molecular formula is C8H12N2O4. The van der Waals surface area contributed by atoms with E-state index in [1.165, 1.54) is 11.9 Å². The summed E-state index contributed by atoms with van der Waals surface area (Å²) in [4.78, 5) is 36.8. The van der Waals surface area contributed by atoms with Gasteiger partial charge in [0.25, 0.3) is 0 Å². The summed E-state index contributed by atoms with van der Waals surface area (Å²) >= 11 is 0. The number of nitrogens with two attached hydrogens (primary N) is 1. The lowest BCUT2D eigenvalue weighted by molar-refractivity contribution is -0.144. The van der Waals surface area contributed by atoms with Gasteiger partial charge in [-0.2, -0.15) is 5.90 Å². The molecule has 0 heterocycles. The zero-order valence-electron chi connectivity index (χ0n) is 7.80. The Labute approximate surface area is 81.3 Å². The first-order valence-corrected chi connectivity index (χ1v) is 3.88. The van der Waals surface area contributed by atoms with E-state index in [-0.39, 0.29) is 18.9 Å². The predicted octanol–water partition coefficient (Wildman–Crippen LogP) is -0.993. The van der Waals surface area contributed by atoms with Crippen molar-refractivity contribution >= 4 is 18.2 Å². The second-order valence-electron chi connectivity index (χ2n) is 2.49. The van der Waals surface area contributed by atoms with Crippen LogP contribution >= 0.6 is 0 Å². The van der Waals surface area contributed by atoms with Gasteiger partial charge < -0.3 is 9.74 Å². The zero-order valence-corrected chi connectivity index (χ0v) is 7.80. The molecule has 0 atom stereocenters. The molecule has 0 bridgehead atoms. The molecule has 0 aromatic heterocycles. The summed E-state index contributed by atoms with van der Waals surface area (Å²) < 4.78 is 0. The van der Waals surface area contributed by atoms with Crippen molar-refractivity contribution < 1.29 is 19.2 Å². The number of amides is 1. The number of carbonyl (C=O) groups excluding carboxylic acids is 3. The van der Waals surface area contributed by atoms with Crippen molar-refractivity contribution in [3.05, 3.63) is 12.2 Å². The van der Waals surface area contributed by atoms with Crippen LogP contribution in [0, 0.1) is 0 Å². The summed E-state index contributed by atoms with van der Waals surface area (Å²) in [5.74, 6) is 3.65. The molecule has 0 radical (unpaired) electrons. The lowest BCUT2D eigenvalue weighted by Gasteiger charge is -2.13. The third-order valence-corrected chi connectivity index (χ3v) is 1.48. The fourth-order valence-electron chi connectivity index (χ4n) is 0.677. The number of aldehydes is 1. The highest BCUT2D eigenvalue weighted by atomic mass is 16.7. The van der Waals surface area contributed by atoms with Crippen molar-refractivity contribution in [2.45, 2.75) is 6.42 Å². The lowest BCUT2D eigenvalue weighted by atomic mass is 10.4. The van der Waals surface area contributed by atoms with Crippen LogP contribution in [0.1, 0.15) is 6.42 Å². The Morgan fingerprint density at radius 2 is 2.14 bits per heavy atom. The molecule has 0 aliphatic rings. The molecule has 78 valence electrons. The van der Waals surface area contributed by atoms with E-state index in [0.29, 0.717) is 6.29 Å². The number of likely N-dealkylation sites (N-methyl/N-ethyl adjacent to an activating group) is 1. The van der Waals surface area contributed by atoms with Crippen LogP contribution in [0.5, 0.6) is 0 Å². The molecular weight excluding hydrogens is 188 g/mol. The Kier molecular flexibility index (Phi) is 5.97. The Balaban J connectivity index is 3.89. The second kappa shape index (κ2) is 6.79. The smallest absolute Gasteiger partial charge is 0.326 e. The van der Waals surface area contributed by atoms with E-state index in [2.05, 4.69) is 10.7 Å². The van der Waals surface area contributed by atoms with Crippen LogP contribution in [0.4, 0.5) is 0 Å². The average Bonchev–Trinajstić information content (AvgIpc) is 2.21. The van der Waals surface area contributed by atoms with E-state index in [4.69, 9.17) is 0 Å². The monoisotopic (exact) mass is 200 g/mol. The molecule has 1 amide bonds. The van der Waals surface area contributed by atoms with Gasteiger partial charge in [-0.15, -0.1) is 0 Å². The molecule has 0 fully saturated rings. The standard InChI is InChI=1S/C8H12N2O4/c1-10(5-4-8(13)14-9)7(12)3-2-6-11/h2-3,6H,4-5,9H2,1H3/b3-2-. The lowest BCUT2D eigenvalue weighted by Crippen LogP contribution is -2.28. The van der Waals surface area contributed by atoms with Crippen LogP contribution in [0.2, 0.25) is 0 Å². The number of carbonyl (C=O) groups is 3. The van der Waals surface area contributed by atoms with Gasteiger partial charge in [0.2, 0.25) is 5.91 Å². The Morgan fingerprint density at radius 1 is 1.50 bits per heavy atom. The fourth-order valence-corrected chi connectivity index (χ4v) is 0.677. The van der Waals surface area contributed by atoms with Gasteiger partial charge in [-0.25, -0.2) is 0 Å². The highest BCUT2D eigenvalue weighted by molar-refractivity contribution is 5.90. The van der Waals surface area contributed by atoms with E-state index >= 15 is 0 Å². The zero-order chi connectivity index (χ0) is 11.0. The molecule has 14 heavy (non-hydrogen) atoms. The molecule has 0 aliphatic heterocycles. The van der Waals surface area contributed by atoms with Crippen LogP contribution in [-0.4, -0.2) is 36.7 Å². The normalized spacial score (nSPS) is 9.86. The van der Waals surface area contributed by atoms with Crippen molar-refractivity contribution in [2.75, 3.05) is 13.6 Å². The van der Waals surface area contributed by atoms with Gasteiger partial charge in [-0.1, -0.05) is 0 Å². The number of hydrogen-bond donors (Lipinski definition) is 1. The molecule has 0 aromatic rings. The summed E-state index contributed by atoms with van der Waals surface area (Å²) in [6, 6.07) is 0. The number of nitrogens with zero attached hydrogens (tertiary/aromatic N) is 1. The summed E-state index contributed by atoms with van der Waals surface area (Å²) in [6.07, 6.45) is 2.72. The predicted molar refractivity (Wildman–Crippen MR) is 47.7 cm³/mol. The number of rotatable bonds is 5. The molecule has 0 unspecified atom stereocenters. The van der Waals surface area contributed by atoms with Crippen LogP contribution in [0.25, 0.3) is 0 Å². The highest BCUT2D eigenvalue weighted by Crippen LogP contribution is 1.91. The minimum absolute atomic E-state index is 0.0215. The molecule has 2 N–H and O–H groups in total. The largest absolute Gasteiger partial charge is 0.373 e. The fraction of sp³-hybridized carbons (Fsp3) is 0.375. The van der Waals surface area contributed by atoms with Gasteiger partial charge in [-0.3, -0.25) is 14.4 Å². The summed E-state index contributed by atoms with van der Waals surface area (Å²) in [5, 5.41) is 0. The number of allylic oxidation sites excluding steroid dienone is 1. The molecule has 0 aliphatic carbocycles. The van der Waals surface area contributed by atoms with Crippen LogP contribution in [0.15, 0.2) is 12.2 Å². The molecule has 6 heteroatoms. The van der Waals surface area contributed by atoms with Crippen LogP contribution in [-0.2, 0) is 19.2 Å². The number of hydrogen-bond acceptors (Lipinski definition) is 5. The minimum atomic E-state index is -0.594. The summed E-state index contributed by atoms with van der Waals surface area (Å²) in [5.41, 5.74) is 0. The Morgan fingerprint density at radius 3 is 2.64 bits per heavy atom. The molecule has 6 nitrogen and oxygen atoms in total. The van der Waals surface area contributed by atoms with Crippen LogP contribution < -0.4 is 5.90 Å². The maximum atomic E-state index is 11.1. The molecule has 0 aromatic carbocycles. The quantitative estimate of drug-likeness (QED) is 0.349. The average molecular weight is 200 g/mol. The Bertz CT molecular complexity index is 250. The highest BCUT2D eigenvalue weighted by Gasteiger charge is 2.07. The molecule has 0 saturated heterocycles. The van der Waals surface area contributed by atoms with E-state index in [0.717, 1.165) is 12.2 Å². The van der Waals surface area contributed by atoms with Gasteiger partial charge in [0, 0.05) is 19.7 Å². The van der Waals surface area contributed by atoms with Crippen molar-refractivity contribution in [1.82, 2.24) is 4.90 Å². The van der Waals surface area contributed by atoms with Gasteiger partial charge in [0.15, 0.2) is 0 Å². The van der Waals surface area contributed by atoms with Gasteiger partial charge in [0.05, 0.1) is 6.42 Å². The first kappa shape index (κ1) is 12.3. The van der Waals surface area contributed by atoms with Gasteiger partial charge in [-0.05, 0) is 6.08 Å². The third-order valence-electron chi connectivity index (χ3n) is 1.48. The second-order valence-corrected chi connectivity index (χ2v) is 2.49. The van der Waals surface area contributed by atoms with E-state index < -0.39 is 5.97 Å². The minimum Gasteiger partial charge on any atom is -0.373 e. The van der Waals surface area contributed by atoms with Crippen molar-refractivity contribution in [3.8, 4) is 0 Å². The maximum absolute atomic E-state index is 11.1. The van der Waals surface area contributed by atoms with Crippen molar-refractivity contribution in [1.29, 1.82) is 0 Å². The first-order valence-electron chi connectivity index (χ1n) is 3.88. The Hall–Kier alpha value is -1.69. The van der Waals surface area contributed by atoms with Crippen molar-refractivity contribution in [3.63, 3.8) is 0 Å². The first-order chi connectivity index (χ1) is 6.61. The van der Waals surface area contributed by atoms with Gasteiger partial charge in [0.1, 0.15) is 6.29 Å². The molecule has 0 spiro atoms. The SMILES string of the molecule is CN(CCC(=O)ON)C(=O)/C=C\C=O. The van der Waals surface area contributed by atoms with E-state index in [1.807, 2.05) is 0 Å². The maximum Gasteiger partial charge on any atom is 0.326 e. The summed E-state index contributed by atoms with van der Waals surface area (Å²) in [6.45, 7) is 0.193. The van der Waals surface area contributed by atoms with E-state index in [9.17, 15) is 14.4 Å². The molecule has 0 rings (SSSR count). The van der Waals surface area contributed by atoms with Crippen molar-refractivity contribution in [2.24, 2.45) is 5.90 Å². The summed E-state index contributed by atoms with van der Waals surface area (Å²) in [7, 11) is 1.50.